The molecule has 1 N–H and O–H groups in total. The summed E-state index contributed by atoms with van der Waals surface area (Å²) >= 11 is 0. The maximum absolute atomic E-state index is 12.9. The van der Waals surface area contributed by atoms with E-state index < -0.39 is 7.75 Å². The number of unbranched alkanes of at least 4 members (excludes halogenated alkanes) is 40. The molecule has 53 heavy (non-hydrogen) atoms. The summed E-state index contributed by atoms with van der Waals surface area (Å²) < 4.78 is 19.9. The van der Waals surface area contributed by atoms with Crippen LogP contribution in [-0.4, -0.2) is 29.3 Å². The van der Waals surface area contributed by atoms with Crippen molar-refractivity contribution >= 4 is 7.75 Å². The molecule has 4 nitrogen and oxygen atoms in total. The van der Waals surface area contributed by atoms with Gasteiger partial charge in [0.15, 0.2) is 0 Å². The van der Waals surface area contributed by atoms with Crippen molar-refractivity contribution in [1.29, 1.82) is 0 Å². The van der Waals surface area contributed by atoms with Crippen molar-refractivity contribution in [2.75, 3.05) is 19.7 Å². The first-order valence-electron chi connectivity index (χ1n) is 24.8. The molecule has 0 aliphatic heterocycles. The third-order valence-corrected chi connectivity index (χ3v) is 13.4. The molecule has 0 fully saturated rings. The van der Waals surface area contributed by atoms with Crippen LogP contribution in [0.5, 0.6) is 0 Å². The summed E-state index contributed by atoms with van der Waals surface area (Å²) in [5.74, 6) is 0. The SMILES string of the molecule is CCCCCCCCCCCCCCCCCCCCCCCN(CCCCCCCCCCCCCCCCCCCCCCC)P(=O)(O)OCC. The Labute approximate surface area is 335 Å². The lowest BCUT2D eigenvalue weighted by Gasteiger charge is -2.26. The fraction of sp³-hybridized carbons (Fsp3) is 1.00. The molecular weight excluding hydrogens is 670 g/mol. The van der Waals surface area contributed by atoms with Gasteiger partial charge in [-0.1, -0.05) is 271 Å². The smallest absolute Gasteiger partial charge is 0.312 e. The van der Waals surface area contributed by atoms with Gasteiger partial charge in [-0.05, 0) is 19.8 Å². The van der Waals surface area contributed by atoms with Gasteiger partial charge in [0.05, 0.1) is 6.61 Å². The van der Waals surface area contributed by atoms with Gasteiger partial charge in [-0.3, -0.25) is 4.52 Å². The van der Waals surface area contributed by atoms with E-state index in [2.05, 4.69) is 13.8 Å². The molecule has 0 aliphatic rings. The van der Waals surface area contributed by atoms with Crippen molar-refractivity contribution in [2.24, 2.45) is 0 Å². The molecule has 0 saturated carbocycles. The van der Waals surface area contributed by atoms with Crippen LogP contribution in [0.4, 0.5) is 0 Å². The molecule has 0 rings (SSSR count). The van der Waals surface area contributed by atoms with Gasteiger partial charge in [0.25, 0.3) is 0 Å². The Hall–Kier alpha value is 0.110. The lowest BCUT2D eigenvalue weighted by molar-refractivity contribution is 0.206. The zero-order chi connectivity index (χ0) is 38.6. The van der Waals surface area contributed by atoms with E-state index >= 15 is 0 Å². The lowest BCUT2D eigenvalue weighted by Crippen LogP contribution is -2.24. The fourth-order valence-electron chi connectivity index (χ4n) is 8.07. The van der Waals surface area contributed by atoms with E-state index in [0.29, 0.717) is 19.7 Å². The number of hydrogen-bond acceptors (Lipinski definition) is 2. The van der Waals surface area contributed by atoms with E-state index in [4.69, 9.17) is 4.52 Å². The number of hydrogen-bond donors (Lipinski definition) is 1. The Morgan fingerprint density at radius 1 is 0.321 bits per heavy atom. The molecule has 0 aliphatic carbocycles. The third-order valence-electron chi connectivity index (χ3n) is 11.7. The van der Waals surface area contributed by atoms with Gasteiger partial charge in [-0.2, -0.15) is 0 Å². The molecule has 0 amide bonds. The zero-order valence-electron chi connectivity index (χ0n) is 37.0. The Kier molecular flexibility index (Phi) is 44.9. The quantitative estimate of drug-likeness (QED) is 0.0495. The van der Waals surface area contributed by atoms with E-state index in [0.717, 1.165) is 25.7 Å². The molecule has 0 bridgehead atoms. The number of rotatable bonds is 47. The first-order chi connectivity index (χ1) is 26.1. The van der Waals surface area contributed by atoms with Gasteiger partial charge < -0.3 is 4.89 Å². The van der Waals surface area contributed by atoms with E-state index in [1.165, 1.54) is 244 Å². The van der Waals surface area contributed by atoms with Gasteiger partial charge in [0.1, 0.15) is 0 Å². The van der Waals surface area contributed by atoms with Crippen molar-refractivity contribution in [1.82, 2.24) is 4.67 Å². The molecular formula is C48H100NO3P. The summed E-state index contributed by atoms with van der Waals surface area (Å²) in [6, 6.07) is 0. The molecule has 0 radical (unpaired) electrons. The largest absolute Gasteiger partial charge is 0.405 e. The summed E-state index contributed by atoms with van der Waals surface area (Å²) in [4.78, 5) is 10.6. The minimum absolute atomic E-state index is 0.295. The molecule has 0 heterocycles. The predicted molar refractivity (Wildman–Crippen MR) is 238 cm³/mol. The topological polar surface area (TPSA) is 49.8 Å². The zero-order valence-corrected chi connectivity index (χ0v) is 37.9. The minimum Gasteiger partial charge on any atom is -0.312 e. The summed E-state index contributed by atoms with van der Waals surface area (Å²) in [7, 11) is -3.66. The average molecular weight is 770 g/mol. The molecule has 0 spiro atoms. The maximum atomic E-state index is 12.9. The molecule has 1 atom stereocenters. The molecule has 0 aromatic carbocycles. The second-order valence-electron chi connectivity index (χ2n) is 17.0. The van der Waals surface area contributed by atoms with Crippen LogP contribution in [0.3, 0.4) is 0 Å². The van der Waals surface area contributed by atoms with Crippen molar-refractivity contribution in [3.05, 3.63) is 0 Å². The summed E-state index contributed by atoms with van der Waals surface area (Å²) in [5, 5.41) is 0. The van der Waals surface area contributed by atoms with Gasteiger partial charge in [0, 0.05) is 13.1 Å². The summed E-state index contributed by atoms with van der Waals surface area (Å²) in [6.07, 6.45) is 57.9. The van der Waals surface area contributed by atoms with Crippen LogP contribution in [0.15, 0.2) is 0 Å². The fourth-order valence-corrected chi connectivity index (χ4v) is 9.35. The van der Waals surface area contributed by atoms with Crippen molar-refractivity contribution in [3.63, 3.8) is 0 Å². The first kappa shape index (κ1) is 53.1. The van der Waals surface area contributed by atoms with Crippen LogP contribution in [-0.2, 0) is 9.09 Å². The molecule has 0 aromatic heterocycles. The average Bonchev–Trinajstić information content (AvgIpc) is 3.15. The maximum Gasteiger partial charge on any atom is 0.405 e. The van der Waals surface area contributed by atoms with Crippen LogP contribution in [0.1, 0.15) is 290 Å². The highest BCUT2D eigenvalue weighted by molar-refractivity contribution is 7.50. The second kappa shape index (κ2) is 44.8. The van der Waals surface area contributed by atoms with Gasteiger partial charge in [-0.25, -0.2) is 9.24 Å². The second-order valence-corrected chi connectivity index (χ2v) is 18.8. The summed E-state index contributed by atoms with van der Waals surface area (Å²) in [5.41, 5.74) is 0. The standard InChI is InChI=1S/C48H100NO3P/c1-4-7-9-11-13-15-17-19-21-23-25-27-29-31-33-35-37-39-41-43-45-47-49(53(50,51)52-6-3)48-46-44-42-40-38-36-34-32-30-28-26-24-22-20-18-16-14-12-10-8-5-2/h4-48H2,1-3H3,(H,50,51). The van der Waals surface area contributed by atoms with Crippen molar-refractivity contribution in [3.8, 4) is 0 Å². The Morgan fingerprint density at radius 2 is 0.491 bits per heavy atom. The van der Waals surface area contributed by atoms with Crippen LogP contribution in [0.2, 0.25) is 0 Å². The van der Waals surface area contributed by atoms with Crippen molar-refractivity contribution in [2.45, 2.75) is 290 Å². The van der Waals surface area contributed by atoms with Crippen LogP contribution in [0, 0.1) is 0 Å². The molecule has 0 saturated heterocycles. The van der Waals surface area contributed by atoms with E-state index in [1.807, 2.05) is 6.92 Å². The van der Waals surface area contributed by atoms with E-state index in [1.54, 1.807) is 4.67 Å². The van der Waals surface area contributed by atoms with Crippen LogP contribution >= 0.6 is 7.75 Å². The van der Waals surface area contributed by atoms with Gasteiger partial charge in [0.2, 0.25) is 0 Å². The lowest BCUT2D eigenvalue weighted by atomic mass is 10.0. The van der Waals surface area contributed by atoms with Crippen molar-refractivity contribution < 1.29 is 14.0 Å². The monoisotopic (exact) mass is 770 g/mol. The molecule has 320 valence electrons. The highest BCUT2D eigenvalue weighted by Gasteiger charge is 2.28. The third kappa shape index (κ3) is 41.6. The Bertz CT molecular complexity index is 673. The van der Waals surface area contributed by atoms with Gasteiger partial charge in [-0.15, -0.1) is 0 Å². The first-order valence-corrected chi connectivity index (χ1v) is 26.3. The van der Waals surface area contributed by atoms with Crippen LogP contribution < -0.4 is 0 Å². The van der Waals surface area contributed by atoms with Gasteiger partial charge >= 0.3 is 7.75 Å². The van der Waals surface area contributed by atoms with Crippen LogP contribution in [0.25, 0.3) is 0 Å². The highest BCUT2D eigenvalue weighted by Crippen LogP contribution is 2.46. The number of nitrogens with zero attached hydrogens (tertiary/aromatic N) is 1. The molecule has 0 aromatic rings. The molecule has 5 heteroatoms. The Balaban J connectivity index is 3.60. The predicted octanol–water partition coefficient (Wildman–Crippen LogP) is 17.8. The minimum atomic E-state index is -3.66. The Morgan fingerprint density at radius 3 is 0.660 bits per heavy atom. The summed E-state index contributed by atoms with van der Waals surface area (Å²) in [6.45, 7) is 8.08. The van der Waals surface area contributed by atoms with E-state index in [9.17, 15) is 9.46 Å². The highest BCUT2D eigenvalue weighted by atomic mass is 31.2. The van der Waals surface area contributed by atoms with E-state index in [-0.39, 0.29) is 0 Å². The normalized spacial score (nSPS) is 13.0. The molecule has 1 unspecified atom stereocenters.